The molecule has 5 nitrogen and oxygen atoms in total. The van der Waals surface area contributed by atoms with E-state index in [0.29, 0.717) is 0 Å². The SMILES string of the molecule is c1ccc([SiH](O[Si](O[Si](O[Si](O[Si](O[SiH](c2ccccc2)c2ccccc2)(c2ccccc2)c2ccccc2)(c2ccccc2)c2ccccc2)(c2ccccc2)c2ccccc2)(c2ccccc2)c2ccccc2)c2ccccc2)cc1. The average Bonchev–Trinajstić information content (AvgIpc) is 3.25. The molecular weight excluding hydrogens is 1110 g/mol. The lowest BCUT2D eigenvalue weighted by Crippen LogP contribution is -2.84. The lowest BCUT2D eigenvalue weighted by Gasteiger charge is -2.49. The van der Waals surface area contributed by atoms with Crippen molar-refractivity contribution in [1.82, 2.24) is 0 Å². The normalized spacial score (nSPS) is 12.1. The Morgan fingerprint density at radius 1 is 0.157 bits per heavy atom. The second-order valence-electron chi connectivity index (χ2n) is 20.3. The third kappa shape index (κ3) is 11.7. The Kier molecular flexibility index (Phi) is 17.3. The van der Waals surface area contributed by atoms with Crippen LogP contribution in [0.2, 0.25) is 0 Å². The second kappa shape index (κ2) is 25.9. The zero-order chi connectivity index (χ0) is 56.0. The number of hydrogen-bond donors (Lipinski definition) is 0. The molecule has 83 heavy (non-hydrogen) atoms. The Balaban J connectivity index is 1.21. The van der Waals surface area contributed by atoms with Crippen molar-refractivity contribution in [2.24, 2.45) is 0 Å². The van der Waals surface area contributed by atoms with Crippen LogP contribution >= 0.6 is 0 Å². The first kappa shape index (κ1) is 55.3. The molecule has 0 heterocycles. The van der Waals surface area contributed by atoms with Crippen molar-refractivity contribution in [1.29, 1.82) is 0 Å². The van der Waals surface area contributed by atoms with Crippen LogP contribution in [0.1, 0.15) is 0 Å². The van der Waals surface area contributed by atoms with Crippen LogP contribution in [0, 0.1) is 0 Å². The van der Waals surface area contributed by atoms with E-state index in [0.717, 1.165) is 62.2 Å². The molecule has 0 spiro atoms. The topological polar surface area (TPSA) is 46.2 Å². The van der Waals surface area contributed by atoms with E-state index in [1.165, 1.54) is 0 Å². The first-order valence-electron chi connectivity index (χ1n) is 28.2. The molecular formula is C72H62O5Si6. The Morgan fingerprint density at radius 2 is 0.289 bits per heavy atom. The molecule has 0 fully saturated rings. The zero-order valence-electron chi connectivity index (χ0n) is 45.8. The van der Waals surface area contributed by atoms with Gasteiger partial charge in [0, 0.05) is 0 Å². The van der Waals surface area contributed by atoms with Gasteiger partial charge in [0.25, 0.3) is 0 Å². The van der Waals surface area contributed by atoms with Crippen molar-refractivity contribution in [2.75, 3.05) is 0 Å². The molecule has 0 saturated carbocycles. The van der Waals surface area contributed by atoms with E-state index in [9.17, 15) is 0 Å². The van der Waals surface area contributed by atoms with Gasteiger partial charge in [-0.2, -0.15) is 0 Å². The fourth-order valence-corrected chi connectivity index (χ4v) is 40.4. The van der Waals surface area contributed by atoms with Crippen LogP contribution < -0.4 is 62.2 Å². The molecule has 12 rings (SSSR count). The van der Waals surface area contributed by atoms with Gasteiger partial charge in [0.05, 0.1) is 0 Å². The first-order valence-corrected chi connectivity index (χ1v) is 38.7. The summed E-state index contributed by atoms with van der Waals surface area (Å²) in [5, 5.41) is 11.9. The molecule has 404 valence electrons. The monoisotopic (exact) mass is 1170 g/mol. The fourth-order valence-electron chi connectivity index (χ4n) is 11.1. The molecule has 0 aliphatic carbocycles. The van der Waals surface area contributed by atoms with Crippen molar-refractivity contribution in [3.63, 3.8) is 0 Å². The fraction of sp³-hybridized carbons (Fsp3) is 0. The minimum Gasteiger partial charge on any atom is -0.424 e. The highest BCUT2D eigenvalue weighted by atomic mass is 28.5. The van der Waals surface area contributed by atoms with Gasteiger partial charge < -0.3 is 20.6 Å². The second-order valence-corrected chi connectivity index (χ2v) is 38.4. The number of hydrogen-bond acceptors (Lipinski definition) is 5. The molecule has 12 aromatic carbocycles. The quantitative estimate of drug-likeness (QED) is 0.0675. The van der Waals surface area contributed by atoms with E-state index < -0.39 is 52.3 Å². The smallest absolute Gasteiger partial charge is 0.390 e. The van der Waals surface area contributed by atoms with Crippen LogP contribution in [-0.2, 0) is 20.6 Å². The van der Waals surface area contributed by atoms with Crippen LogP contribution in [-0.4, -0.2) is 52.3 Å². The number of rotatable bonds is 22. The number of benzene rings is 12. The predicted molar refractivity (Wildman–Crippen MR) is 356 cm³/mol. The maximum atomic E-state index is 9.13. The molecule has 12 aromatic rings. The van der Waals surface area contributed by atoms with Gasteiger partial charge in [-0.1, -0.05) is 364 Å². The minimum absolute atomic E-state index is 0.900. The van der Waals surface area contributed by atoms with Crippen LogP contribution in [0.3, 0.4) is 0 Å². The summed E-state index contributed by atoms with van der Waals surface area (Å²) in [6.07, 6.45) is 0. The van der Waals surface area contributed by atoms with Gasteiger partial charge in [-0.25, -0.2) is 0 Å². The van der Waals surface area contributed by atoms with Crippen LogP contribution in [0.15, 0.2) is 364 Å². The standard InChI is InChI=1S/C72H62O5Si6/c1-13-37-61(38-14-1)78(62-39-15-2-16-40-62)73-80(65-45-21-5-22-46-65,66-47-23-6-24-48-66)75-82(69-53-29-9-30-54-69,70-55-31-10-32-56-70)77-83(71-57-33-11-34-58-71,72-59-35-12-36-60-72)76-81(67-49-25-7-26-50-67,68-51-27-8-28-52-68)74-79(63-41-17-3-18-42-63)64-43-19-4-20-44-64/h1-60,78-79H. The van der Waals surface area contributed by atoms with Gasteiger partial charge in [-0.15, -0.1) is 0 Å². The van der Waals surface area contributed by atoms with Gasteiger partial charge in [0.15, 0.2) is 0 Å². The van der Waals surface area contributed by atoms with Gasteiger partial charge in [-0.05, 0) is 62.2 Å². The van der Waals surface area contributed by atoms with E-state index in [2.05, 4.69) is 364 Å². The summed E-state index contributed by atoms with van der Waals surface area (Å²) in [5.41, 5.74) is 0. The average molecular weight is 1180 g/mol. The molecule has 0 aliphatic heterocycles. The van der Waals surface area contributed by atoms with E-state index in [1.54, 1.807) is 0 Å². The molecule has 0 aromatic heterocycles. The summed E-state index contributed by atoms with van der Waals surface area (Å²) in [7, 11) is -22.5. The molecule has 0 aliphatic rings. The maximum absolute atomic E-state index is 9.13. The zero-order valence-corrected chi connectivity index (χ0v) is 52.1. The summed E-state index contributed by atoms with van der Waals surface area (Å²) in [6.45, 7) is 0. The van der Waals surface area contributed by atoms with Gasteiger partial charge in [0.1, 0.15) is 0 Å². The molecule has 0 N–H and O–H groups in total. The molecule has 0 saturated heterocycles. The highest BCUT2D eigenvalue weighted by Gasteiger charge is 2.63. The van der Waals surface area contributed by atoms with E-state index in [4.69, 9.17) is 20.6 Å². The molecule has 0 bridgehead atoms. The summed E-state index contributed by atoms with van der Waals surface area (Å²) in [6, 6.07) is 128. The Hall–Kier alpha value is -8.26. The summed E-state index contributed by atoms with van der Waals surface area (Å²) in [5.74, 6) is 0. The van der Waals surface area contributed by atoms with Gasteiger partial charge in [0.2, 0.25) is 18.1 Å². The summed E-state index contributed by atoms with van der Waals surface area (Å²) < 4.78 is 44.1. The molecule has 0 atom stereocenters. The van der Waals surface area contributed by atoms with Crippen LogP contribution in [0.4, 0.5) is 0 Å². The Morgan fingerprint density at radius 3 is 0.458 bits per heavy atom. The maximum Gasteiger partial charge on any atom is 0.390 e. The highest BCUT2D eigenvalue weighted by molar-refractivity contribution is 7.13. The van der Waals surface area contributed by atoms with Crippen LogP contribution in [0.25, 0.3) is 0 Å². The van der Waals surface area contributed by atoms with E-state index in [1.807, 2.05) is 0 Å². The van der Waals surface area contributed by atoms with Crippen molar-refractivity contribution in [3.05, 3.63) is 364 Å². The summed E-state index contributed by atoms with van der Waals surface area (Å²) in [4.78, 5) is 0. The molecule has 0 unspecified atom stereocenters. The molecule has 0 amide bonds. The van der Waals surface area contributed by atoms with Crippen molar-refractivity contribution in [2.45, 2.75) is 0 Å². The lowest BCUT2D eigenvalue weighted by atomic mass is 10.4. The summed E-state index contributed by atoms with van der Waals surface area (Å²) >= 11 is 0. The van der Waals surface area contributed by atoms with Crippen molar-refractivity contribution in [3.8, 4) is 0 Å². The van der Waals surface area contributed by atoms with E-state index >= 15 is 0 Å². The Labute approximate surface area is 495 Å². The molecule has 0 radical (unpaired) electrons. The van der Waals surface area contributed by atoms with Crippen LogP contribution in [0.5, 0.6) is 0 Å². The largest absolute Gasteiger partial charge is 0.424 e. The minimum atomic E-state index is -4.41. The van der Waals surface area contributed by atoms with Crippen molar-refractivity contribution >= 4 is 115 Å². The van der Waals surface area contributed by atoms with Gasteiger partial charge in [-0.3, -0.25) is 0 Å². The van der Waals surface area contributed by atoms with Crippen molar-refractivity contribution < 1.29 is 20.6 Å². The Bertz CT molecular complexity index is 3380. The third-order valence-corrected chi connectivity index (χ3v) is 39.2. The third-order valence-electron chi connectivity index (χ3n) is 15.1. The molecule has 11 heteroatoms. The van der Waals surface area contributed by atoms with E-state index in [-0.39, 0.29) is 0 Å². The predicted octanol–water partition coefficient (Wildman–Crippen LogP) is 7.17. The first-order chi connectivity index (χ1) is 41.1. The lowest BCUT2D eigenvalue weighted by molar-refractivity contribution is 0.314. The van der Waals surface area contributed by atoms with Gasteiger partial charge >= 0.3 is 34.2 Å². The highest BCUT2D eigenvalue weighted by Crippen LogP contribution is 2.29.